The number of nitrogens with zero attached hydrogens (tertiary/aromatic N) is 3. The third kappa shape index (κ3) is 2.41. The van der Waals surface area contributed by atoms with Crippen LogP contribution in [0.2, 0.25) is 0 Å². The number of carbonyl (C=O) groups is 1. The normalized spacial score (nSPS) is 24.2. The van der Waals surface area contributed by atoms with E-state index in [9.17, 15) is 4.79 Å². The highest BCUT2D eigenvalue weighted by Gasteiger charge is 2.59. The van der Waals surface area contributed by atoms with Gasteiger partial charge < -0.3 is 10.1 Å². The molecule has 126 valence electrons. The van der Waals surface area contributed by atoms with Crippen molar-refractivity contribution in [2.75, 3.05) is 6.61 Å². The quantitative estimate of drug-likeness (QED) is 0.916. The van der Waals surface area contributed by atoms with Crippen molar-refractivity contribution >= 4 is 5.91 Å². The molecule has 1 spiro atoms. The minimum Gasteiger partial charge on any atom is -0.378 e. The summed E-state index contributed by atoms with van der Waals surface area (Å²) in [6.07, 6.45) is 7.93. The van der Waals surface area contributed by atoms with Gasteiger partial charge in [-0.15, -0.1) is 0 Å². The number of amides is 1. The first-order valence-corrected chi connectivity index (χ1v) is 8.60. The van der Waals surface area contributed by atoms with E-state index in [0.29, 0.717) is 11.7 Å². The Labute approximate surface area is 141 Å². The average Bonchev–Trinajstić information content (AvgIpc) is 3.06. The second-order valence-corrected chi connectivity index (χ2v) is 6.68. The van der Waals surface area contributed by atoms with Crippen molar-refractivity contribution in [3.05, 3.63) is 42.5 Å². The van der Waals surface area contributed by atoms with E-state index in [2.05, 4.69) is 15.4 Å². The van der Waals surface area contributed by atoms with E-state index < -0.39 is 0 Å². The highest BCUT2D eigenvalue weighted by Crippen LogP contribution is 2.57. The van der Waals surface area contributed by atoms with Gasteiger partial charge in [-0.3, -0.25) is 4.79 Å². The molecule has 0 aliphatic heterocycles. The van der Waals surface area contributed by atoms with E-state index in [0.717, 1.165) is 31.6 Å². The molecule has 2 saturated carbocycles. The summed E-state index contributed by atoms with van der Waals surface area (Å²) in [6, 6.07) is 7.67. The Hall–Kier alpha value is -2.21. The third-order valence-corrected chi connectivity index (χ3v) is 5.56. The Morgan fingerprint density at radius 3 is 2.75 bits per heavy atom. The minimum absolute atomic E-state index is 0.00800. The molecular weight excluding hydrogens is 304 g/mol. The SMILES string of the molecule is CCO[C@H]1C[C@@H](NC(=O)c2ccc(-n3cncn3)cc2)C12CCC2. The van der Waals surface area contributed by atoms with Crippen molar-refractivity contribution in [1.29, 1.82) is 0 Å². The van der Waals surface area contributed by atoms with Gasteiger partial charge >= 0.3 is 0 Å². The molecule has 0 bridgehead atoms. The summed E-state index contributed by atoms with van der Waals surface area (Å²) in [7, 11) is 0. The number of aromatic nitrogens is 3. The van der Waals surface area contributed by atoms with Crippen molar-refractivity contribution in [2.45, 2.75) is 44.8 Å². The monoisotopic (exact) mass is 326 g/mol. The molecule has 2 aromatic rings. The highest BCUT2D eigenvalue weighted by molar-refractivity contribution is 5.94. The molecule has 1 aromatic carbocycles. The van der Waals surface area contributed by atoms with Crippen molar-refractivity contribution in [3.63, 3.8) is 0 Å². The van der Waals surface area contributed by atoms with Gasteiger partial charge in [-0.05, 0) is 50.5 Å². The second-order valence-electron chi connectivity index (χ2n) is 6.68. The zero-order valence-corrected chi connectivity index (χ0v) is 13.8. The van der Waals surface area contributed by atoms with Gasteiger partial charge in [0.15, 0.2) is 0 Å². The van der Waals surface area contributed by atoms with Crippen molar-refractivity contribution in [3.8, 4) is 5.69 Å². The predicted molar refractivity (Wildman–Crippen MR) is 88.9 cm³/mol. The molecule has 0 saturated heterocycles. The zero-order valence-electron chi connectivity index (χ0n) is 13.8. The molecule has 2 atom stereocenters. The molecule has 2 aliphatic rings. The van der Waals surface area contributed by atoms with Crippen LogP contribution in [0.1, 0.15) is 43.0 Å². The van der Waals surface area contributed by atoms with Crippen LogP contribution in [0, 0.1) is 5.41 Å². The van der Waals surface area contributed by atoms with Gasteiger partial charge in [0, 0.05) is 23.6 Å². The largest absolute Gasteiger partial charge is 0.378 e. The maximum Gasteiger partial charge on any atom is 0.251 e. The van der Waals surface area contributed by atoms with Crippen LogP contribution in [-0.2, 0) is 4.74 Å². The summed E-state index contributed by atoms with van der Waals surface area (Å²) in [5.41, 5.74) is 1.75. The summed E-state index contributed by atoms with van der Waals surface area (Å²) in [5.74, 6) is -0.00800. The fraction of sp³-hybridized carbons (Fsp3) is 0.500. The Morgan fingerprint density at radius 1 is 1.38 bits per heavy atom. The smallest absolute Gasteiger partial charge is 0.251 e. The van der Waals surface area contributed by atoms with E-state index in [1.165, 1.54) is 12.7 Å². The summed E-state index contributed by atoms with van der Waals surface area (Å²) in [6.45, 7) is 2.78. The zero-order chi connectivity index (χ0) is 16.6. The van der Waals surface area contributed by atoms with E-state index in [-0.39, 0.29) is 17.4 Å². The van der Waals surface area contributed by atoms with Crippen LogP contribution in [0.3, 0.4) is 0 Å². The maximum atomic E-state index is 12.6. The molecule has 24 heavy (non-hydrogen) atoms. The van der Waals surface area contributed by atoms with Crippen LogP contribution in [0.15, 0.2) is 36.9 Å². The molecule has 6 heteroatoms. The van der Waals surface area contributed by atoms with Crippen LogP contribution in [0.25, 0.3) is 5.69 Å². The first-order chi connectivity index (χ1) is 11.7. The van der Waals surface area contributed by atoms with Crippen LogP contribution >= 0.6 is 0 Å². The van der Waals surface area contributed by atoms with Gasteiger partial charge in [-0.25, -0.2) is 9.67 Å². The number of ether oxygens (including phenoxy) is 1. The lowest BCUT2D eigenvalue weighted by Gasteiger charge is -2.61. The summed E-state index contributed by atoms with van der Waals surface area (Å²) < 4.78 is 7.51. The minimum atomic E-state index is -0.00800. The number of carbonyl (C=O) groups excluding carboxylic acids is 1. The topological polar surface area (TPSA) is 69.0 Å². The lowest BCUT2D eigenvalue weighted by Crippen LogP contribution is -2.67. The molecule has 1 N–H and O–H groups in total. The summed E-state index contributed by atoms with van der Waals surface area (Å²) in [5, 5.41) is 7.30. The molecule has 0 radical (unpaired) electrons. The fourth-order valence-corrected chi connectivity index (χ4v) is 3.99. The number of hydrogen-bond acceptors (Lipinski definition) is 4. The molecule has 1 aromatic heterocycles. The van der Waals surface area contributed by atoms with Crippen molar-refractivity contribution in [1.82, 2.24) is 20.1 Å². The van der Waals surface area contributed by atoms with Crippen molar-refractivity contribution < 1.29 is 9.53 Å². The van der Waals surface area contributed by atoms with Gasteiger partial charge in [0.05, 0.1) is 11.8 Å². The third-order valence-electron chi connectivity index (χ3n) is 5.56. The average molecular weight is 326 g/mol. The lowest BCUT2D eigenvalue weighted by molar-refractivity contribution is -0.169. The van der Waals surface area contributed by atoms with Gasteiger partial charge in [-0.1, -0.05) is 6.42 Å². The second kappa shape index (κ2) is 6.02. The fourth-order valence-electron chi connectivity index (χ4n) is 3.99. The summed E-state index contributed by atoms with van der Waals surface area (Å²) in [4.78, 5) is 16.5. The molecule has 1 heterocycles. The van der Waals surface area contributed by atoms with Crippen LogP contribution < -0.4 is 5.32 Å². The maximum absolute atomic E-state index is 12.6. The molecule has 6 nitrogen and oxygen atoms in total. The van der Waals surface area contributed by atoms with Gasteiger partial charge in [-0.2, -0.15) is 5.10 Å². The number of nitrogens with one attached hydrogen (secondary N) is 1. The lowest BCUT2D eigenvalue weighted by atomic mass is 9.51. The van der Waals surface area contributed by atoms with E-state index in [1.54, 1.807) is 11.0 Å². The number of benzene rings is 1. The van der Waals surface area contributed by atoms with E-state index in [1.807, 2.05) is 31.2 Å². The Balaban J connectivity index is 1.42. The molecule has 1 amide bonds. The predicted octanol–water partition coefficient (Wildman–Crippen LogP) is 2.34. The molecule has 2 fully saturated rings. The first kappa shape index (κ1) is 15.3. The van der Waals surface area contributed by atoms with E-state index in [4.69, 9.17) is 4.74 Å². The Bertz CT molecular complexity index is 707. The molecule has 4 rings (SSSR count). The summed E-state index contributed by atoms with van der Waals surface area (Å²) >= 11 is 0. The van der Waals surface area contributed by atoms with Crippen LogP contribution in [-0.4, -0.2) is 39.4 Å². The molecular formula is C18H22N4O2. The van der Waals surface area contributed by atoms with Gasteiger partial charge in [0.2, 0.25) is 0 Å². The van der Waals surface area contributed by atoms with E-state index >= 15 is 0 Å². The Kier molecular flexibility index (Phi) is 3.84. The van der Waals surface area contributed by atoms with Gasteiger partial charge in [0.25, 0.3) is 5.91 Å². The van der Waals surface area contributed by atoms with Crippen LogP contribution in [0.5, 0.6) is 0 Å². The molecule has 2 aliphatic carbocycles. The van der Waals surface area contributed by atoms with Crippen LogP contribution in [0.4, 0.5) is 0 Å². The van der Waals surface area contributed by atoms with Gasteiger partial charge in [0.1, 0.15) is 12.7 Å². The Morgan fingerprint density at radius 2 is 2.17 bits per heavy atom. The standard InChI is InChI=1S/C18H22N4O2/c1-2-24-16-10-15(18(16)8-3-9-18)21-17(23)13-4-6-14(7-5-13)22-12-19-11-20-22/h4-7,11-12,15-16H,2-3,8-10H2,1H3,(H,21,23)/t15-,16+/m1/s1. The first-order valence-electron chi connectivity index (χ1n) is 8.60. The van der Waals surface area contributed by atoms with Crippen molar-refractivity contribution in [2.24, 2.45) is 5.41 Å². The molecule has 0 unspecified atom stereocenters. The number of hydrogen-bond donors (Lipinski definition) is 1. The number of rotatable bonds is 5. The highest BCUT2D eigenvalue weighted by atomic mass is 16.5.